The first-order valence-electron chi connectivity index (χ1n) is 10.7. The standard InChI is InChI=1S/C29H20N2O/c32-29-28(27-17-14-22-8-4-5-9-25(22)30-27)24-18-23(15-16-26(24)31-29)21-12-10-20(11-13-21)19-6-2-1-3-7-19/h1-18,28H,(H,31,32). The molecule has 3 nitrogen and oxygen atoms in total. The third kappa shape index (κ3) is 3.15. The average Bonchev–Trinajstić information content (AvgIpc) is 3.19. The Hall–Kier alpha value is -4.24. The molecule has 0 saturated carbocycles. The summed E-state index contributed by atoms with van der Waals surface area (Å²) in [5.74, 6) is -0.433. The molecule has 0 spiro atoms. The number of rotatable bonds is 3. The lowest BCUT2D eigenvalue weighted by Crippen LogP contribution is -2.14. The van der Waals surface area contributed by atoms with E-state index in [9.17, 15) is 4.79 Å². The Bertz CT molecular complexity index is 1460. The van der Waals surface area contributed by atoms with E-state index in [0.29, 0.717) is 0 Å². The molecule has 4 aromatic carbocycles. The van der Waals surface area contributed by atoms with E-state index >= 15 is 0 Å². The molecule has 3 heteroatoms. The van der Waals surface area contributed by atoms with Crippen LogP contribution in [-0.4, -0.2) is 10.9 Å². The summed E-state index contributed by atoms with van der Waals surface area (Å²) in [7, 11) is 0. The van der Waals surface area contributed by atoms with E-state index < -0.39 is 5.92 Å². The zero-order valence-electron chi connectivity index (χ0n) is 17.3. The predicted octanol–water partition coefficient (Wildman–Crippen LogP) is 6.65. The van der Waals surface area contributed by atoms with E-state index in [1.54, 1.807) is 0 Å². The van der Waals surface area contributed by atoms with Crippen molar-refractivity contribution in [1.29, 1.82) is 0 Å². The molecule has 1 aliphatic rings. The number of fused-ring (bicyclic) bond motifs is 2. The summed E-state index contributed by atoms with van der Waals surface area (Å²) in [5, 5.41) is 4.10. The Morgan fingerprint density at radius 3 is 2.09 bits per heavy atom. The van der Waals surface area contributed by atoms with Crippen molar-refractivity contribution in [3.8, 4) is 22.3 Å². The van der Waals surface area contributed by atoms with Crippen LogP contribution in [0.3, 0.4) is 0 Å². The number of nitrogens with zero attached hydrogens (tertiary/aromatic N) is 1. The summed E-state index contributed by atoms with van der Waals surface area (Å²) < 4.78 is 0. The highest BCUT2D eigenvalue weighted by Gasteiger charge is 2.33. The summed E-state index contributed by atoms with van der Waals surface area (Å²) in [6, 6.07) is 37.1. The van der Waals surface area contributed by atoms with Gasteiger partial charge in [0.05, 0.1) is 11.2 Å². The van der Waals surface area contributed by atoms with Crippen LogP contribution in [-0.2, 0) is 4.79 Å². The molecule has 0 bridgehead atoms. The minimum atomic E-state index is -0.404. The van der Waals surface area contributed by atoms with Crippen LogP contribution in [0.4, 0.5) is 5.69 Å². The largest absolute Gasteiger partial charge is 0.325 e. The van der Waals surface area contributed by atoms with Crippen LogP contribution in [0, 0.1) is 0 Å². The second-order valence-electron chi connectivity index (χ2n) is 8.10. The van der Waals surface area contributed by atoms with Crippen molar-refractivity contribution in [2.75, 3.05) is 5.32 Å². The number of nitrogens with one attached hydrogen (secondary N) is 1. The van der Waals surface area contributed by atoms with Crippen LogP contribution in [0.2, 0.25) is 0 Å². The minimum absolute atomic E-state index is 0.0284. The molecule has 1 unspecified atom stereocenters. The van der Waals surface area contributed by atoms with Gasteiger partial charge in [-0.1, -0.05) is 84.9 Å². The third-order valence-corrected chi connectivity index (χ3v) is 6.12. The van der Waals surface area contributed by atoms with E-state index in [4.69, 9.17) is 4.98 Å². The zero-order valence-corrected chi connectivity index (χ0v) is 17.3. The third-order valence-electron chi connectivity index (χ3n) is 6.12. The molecule has 2 heterocycles. The zero-order chi connectivity index (χ0) is 21.5. The molecular weight excluding hydrogens is 392 g/mol. The topological polar surface area (TPSA) is 42.0 Å². The number of para-hydroxylation sites is 1. The number of aromatic nitrogens is 1. The fourth-order valence-corrected chi connectivity index (χ4v) is 4.46. The summed E-state index contributed by atoms with van der Waals surface area (Å²) in [5.41, 5.74) is 8.11. The number of hydrogen-bond donors (Lipinski definition) is 1. The minimum Gasteiger partial charge on any atom is -0.325 e. The van der Waals surface area contributed by atoms with Gasteiger partial charge in [-0.2, -0.15) is 0 Å². The summed E-state index contributed by atoms with van der Waals surface area (Å²) in [6.45, 7) is 0. The summed E-state index contributed by atoms with van der Waals surface area (Å²) >= 11 is 0. The van der Waals surface area contributed by atoms with Crippen LogP contribution >= 0.6 is 0 Å². The van der Waals surface area contributed by atoms with Crippen molar-refractivity contribution in [2.24, 2.45) is 0 Å². The van der Waals surface area contributed by atoms with E-state index in [2.05, 4.69) is 66.0 Å². The highest BCUT2D eigenvalue weighted by molar-refractivity contribution is 6.05. The van der Waals surface area contributed by atoms with Gasteiger partial charge in [-0.15, -0.1) is 0 Å². The number of carbonyl (C=O) groups is 1. The second kappa shape index (κ2) is 7.47. The number of hydrogen-bond acceptors (Lipinski definition) is 2. The van der Waals surface area contributed by atoms with Gasteiger partial charge >= 0.3 is 0 Å². The van der Waals surface area contributed by atoms with Crippen LogP contribution in [0.25, 0.3) is 33.2 Å². The number of pyridine rings is 1. The number of benzene rings is 4. The van der Waals surface area contributed by atoms with Crippen LogP contribution in [0.15, 0.2) is 109 Å². The van der Waals surface area contributed by atoms with Gasteiger partial charge in [0.2, 0.25) is 5.91 Å². The summed E-state index contributed by atoms with van der Waals surface area (Å²) in [4.78, 5) is 17.7. The molecule has 1 aliphatic heterocycles. The van der Waals surface area contributed by atoms with Gasteiger partial charge in [0.15, 0.2) is 0 Å². The molecule has 1 amide bonds. The number of carbonyl (C=O) groups excluding carboxylic acids is 1. The molecule has 0 aliphatic carbocycles. The maximum absolute atomic E-state index is 12.9. The van der Waals surface area contributed by atoms with E-state index in [1.807, 2.05) is 48.5 Å². The molecular formula is C29H20N2O. The molecule has 0 fully saturated rings. The SMILES string of the molecule is O=C1Nc2ccc(-c3ccc(-c4ccccc4)cc3)cc2C1c1ccc2ccccc2n1. The highest BCUT2D eigenvalue weighted by atomic mass is 16.2. The number of anilines is 1. The monoisotopic (exact) mass is 412 g/mol. The molecule has 1 N–H and O–H groups in total. The molecule has 152 valence electrons. The molecule has 6 rings (SSSR count). The van der Waals surface area contributed by atoms with Gasteiger partial charge in [0.1, 0.15) is 5.92 Å². The van der Waals surface area contributed by atoms with Crippen molar-refractivity contribution in [2.45, 2.75) is 5.92 Å². The van der Waals surface area contributed by atoms with Gasteiger partial charge in [-0.25, -0.2) is 0 Å². The second-order valence-corrected chi connectivity index (χ2v) is 8.10. The first-order valence-corrected chi connectivity index (χ1v) is 10.7. The lowest BCUT2D eigenvalue weighted by Gasteiger charge is -2.11. The van der Waals surface area contributed by atoms with Crippen molar-refractivity contribution < 1.29 is 4.79 Å². The Morgan fingerprint density at radius 2 is 1.28 bits per heavy atom. The Labute approximate surface area is 186 Å². The smallest absolute Gasteiger partial charge is 0.238 e. The van der Waals surface area contributed by atoms with Crippen molar-refractivity contribution in [3.63, 3.8) is 0 Å². The Kier molecular flexibility index (Phi) is 4.32. The molecule has 0 radical (unpaired) electrons. The Morgan fingerprint density at radius 1 is 0.625 bits per heavy atom. The van der Waals surface area contributed by atoms with Crippen molar-refractivity contribution >= 4 is 22.5 Å². The van der Waals surface area contributed by atoms with Gasteiger partial charge in [0.25, 0.3) is 0 Å². The fraction of sp³-hybridized carbons (Fsp3) is 0.0345. The predicted molar refractivity (Wildman–Crippen MR) is 130 cm³/mol. The van der Waals surface area contributed by atoms with Crippen LogP contribution in [0.5, 0.6) is 0 Å². The van der Waals surface area contributed by atoms with E-state index in [1.165, 1.54) is 11.1 Å². The molecule has 32 heavy (non-hydrogen) atoms. The maximum Gasteiger partial charge on any atom is 0.238 e. The molecule has 5 aromatic rings. The first kappa shape index (κ1) is 18.5. The molecule has 1 aromatic heterocycles. The molecule has 0 saturated heterocycles. The van der Waals surface area contributed by atoms with E-state index in [-0.39, 0.29) is 5.91 Å². The van der Waals surface area contributed by atoms with E-state index in [0.717, 1.165) is 39.0 Å². The van der Waals surface area contributed by atoms with Crippen molar-refractivity contribution in [1.82, 2.24) is 4.98 Å². The van der Waals surface area contributed by atoms with Gasteiger partial charge in [-0.3, -0.25) is 9.78 Å². The lowest BCUT2D eigenvalue weighted by molar-refractivity contribution is -0.116. The lowest BCUT2D eigenvalue weighted by atomic mass is 9.92. The average molecular weight is 412 g/mol. The van der Waals surface area contributed by atoms with Crippen LogP contribution in [0.1, 0.15) is 17.2 Å². The number of amides is 1. The Balaban J connectivity index is 1.38. The van der Waals surface area contributed by atoms with Gasteiger partial charge in [0, 0.05) is 11.1 Å². The highest BCUT2D eigenvalue weighted by Crippen LogP contribution is 2.39. The molecule has 1 atom stereocenters. The fourth-order valence-electron chi connectivity index (χ4n) is 4.46. The van der Waals surface area contributed by atoms with Gasteiger partial charge < -0.3 is 5.32 Å². The quantitative estimate of drug-likeness (QED) is 0.360. The van der Waals surface area contributed by atoms with Gasteiger partial charge in [-0.05, 0) is 52.1 Å². The first-order chi connectivity index (χ1) is 15.8. The summed E-state index contributed by atoms with van der Waals surface area (Å²) in [6.07, 6.45) is 0. The maximum atomic E-state index is 12.9. The van der Waals surface area contributed by atoms with Crippen molar-refractivity contribution in [3.05, 3.63) is 120 Å². The normalized spacial score (nSPS) is 14.9. The van der Waals surface area contributed by atoms with Crippen LogP contribution < -0.4 is 5.32 Å².